The lowest BCUT2D eigenvalue weighted by Crippen LogP contribution is -2.50. The van der Waals surface area contributed by atoms with Crippen LogP contribution in [0.1, 0.15) is 39.0 Å². The van der Waals surface area contributed by atoms with Gasteiger partial charge < -0.3 is 10.6 Å². The molecule has 0 bridgehead atoms. The van der Waals surface area contributed by atoms with Gasteiger partial charge >= 0.3 is 0 Å². The average molecular weight is 182 g/mol. The fourth-order valence-corrected chi connectivity index (χ4v) is 2.61. The molecule has 2 nitrogen and oxygen atoms in total. The fraction of sp³-hybridized carbons (Fsp3) is 1.00. The summed E-state index contributed by atoms with van der Waals surface area (Å²) in [6.07, 6.45) is 7.02. The van der Waals surface area contributed by atoms with Crippen molar-refractivity contribution in [3.63, 3.8) is 0 Å². The minimum atomic E-state index is 0.733. The number of hydrogen-bond acceptors (Lipinski definition) is 2. The molecule has 0 aromatic heterocycles. The summed E-state index contributed by atoms with van der Waals surface area (Å²) in [6.45, 7) is 4.77. The standard InChI is InChI=1S/C11H22N2/c1-9-6-7-12-8-11(9)13-10-4-2-3-5-10/h9-13H,2-8H2,1H3. The molecule has 2 atom stereocenters. The molecule has 2 aliphatic rings. The van der Waals surface area contributed by atoms with Gasteiger partial charge in [0.15, 0.2) is 0 Å². The Morgan fingerprint density at radius 1 is 1.15 bits per heavy atom. The van der Waals surface area contributed by atoms with Crippen LogP contribution in [0.5, 0.6) is 0 Å². The van der Waals surface area contributed by atoms with E-state index in [-0.39, 0.29) is 0 Å². The Kier molecular flexibility index (Phi) is 3.23. The number of piperidine rings is 1. The smallest absolute Gasteiger partial charge is 0.0221 e. The van der Waals surface area contributed by atoms with E-state index in [1.165, 1.54) is 45.2 Å². The third-order valence-corrected chi connectivity index (χ3v) is 3.63. The van der Waals surface area contributed by atoms with Crippen molar-refractivity contribution < 1.29 is 0 Å². The highest BCUT2D eigenvalue weighted by atomic mass is 15.0. The van der Waals surface area contributed by atoms with E-state index < -0.39 is 0 Å². The van der Waals surface area contributed by atoms with Crippen molar-refractivity contribution >= 4 is 0 Å². The first kappa shape index (κ1) is 9.47. The molecule has 1 heterocycles. The molecule has 1 saturated heterocycles. The van der Waals surface area contributed by atoms with Gasteiger partial charge in [0.2, 0.25) is 0 Å². The second-order valence-corrected chi connectivity index (χ2v) is 4.72. The number of rotatable bonds is 2. The first-order valence-corrected chi connectivity index (χ1v) is 5.83. The predicted octanol–water partition coefficient (Wildman–Crippen LogP) is 1.52. The van der Waals surface area contributed by atoms with Gasteiger partial charge in [-0.3, -0.25) is 0 Å². The molecule has 13 heavy (non-hydrogen) atoms. The van der Waals surface area contributed by atoms with Gasteiger partial charge in [-0.2, -0.15) is 0 Å². The summed E-state index contributed by atoms with van der Waals surface area (Å²) in [4.78, 5) is 0. The van der Waals surface area contributed by atoms with Gasteiger partial charge in [-0.1, -0.05) is 19.8 Å². The Morgan fingerprint density at radius 3 is 2.62 bits per heavy atom. The van der Waals surface area contributed by atoms with E-state index in [9.17, 15) is 0 Å². The summed E-state index contributed by atoms with van der Waals surface area (Å²) in [5.74, 6) is 0.863. The van der Waals surface area contributed by atoms with Crippen LogP contribution in [-0.4, -0.2) is 25.2 Å². The van der Waals surface area contributed by atoms with Gasteiger partial charge in [0.25, 0.3) is 0 Å². The Labute approximate surface area is 81.5 Å². The predicted molar refractivity (Wildman–Crippen MR) is 55.8 cm³/mol. The topological polar surface area (TPSA) is 24.1 Å². The van der Waals surface area contributed by atoms with Crippen molar-refractivity contribution in [3.8, 4) is 0 Å². The summed E-state index contributed by atoms with van der Waals surface area (Å²) in [5, 5.41) is 7.28. The van der Waals surface area contributed by atoms with Crippen LogP contribution in [0.15, 0.2) is 0 Å². The van der Waals surface area contributed by atoms with E-state index in [0.29, 0.717) is 0 Å². The maximum absolute atomic E-state index is 3.81. The zero-order chi connectivity index (χ0) is 9.10. The molecule has 1 saturated carbocycles. The van der Waals surface area contributed by atoms with Crippen molar-refractivity contribution in [2.24, 2.45) is 5.92 Å². The molecule has 2 unspecified atom stereocenters. The fourth-order valence-electron chi connectivity index (χ4n) is 2.61. The molecule has 1 aliphatic heterocycles. The highest BCUT2D eigenvalue weighted by Gasteiger charge is 2.24. The summed E-state index contributed by atoms with van der Waals surface area (Å²) < 4.78 is 0. The molecule has 2 rings (SSSR count). The molecule has 1 aliphatic carbocycles. The van der Waals surface area contributed by atoms with Gasteiger partial charge in [0.1, 0.15) is 0 Å². The van der Waals surface area contributed by atoms with Crippen LogP contribution < -0.4 is 10.6 Å². The van der Waals surface area contributed by atoms with Crippen LogP contribution in [0.4, 0.5) is 0 Å². The minimum Gasteiger partial charge on any atom is -0.315 e. The molecular formula is C11H22N2. The van der Waals surface area contributed by atoms with E-state index in [1.807, 2.05) is 0 Å². The third-order valence-electron chi connectivity index (χ3n) is 3.63. The van der Waals surface area contributed by atoms with Gasteiger partial charge in [-0.25, -0.2) is 0 Å². The molecule has 2 heteroatoms. The second-order valence-electron chi connectivity index (χ2n) is 4.72. The van der Waals surface area contributed by atoms with Gasteiger partial charge in [0, 0.05) is 18.6 Å². The Balaban J connectivity index is 1.78. The van der Waals surface area contributed by atoms with Crippen molar-refractivity contribution in [2.75, 3.05) is 13.1 Å². The zero-order valence-corrected chi connectivity index (χ0v) is 8.68. The monoisotopic (exact) mass is 182 g/mol. The molecular weight excluding hydrogens is 160 g/mol. The maximum Gasteiger partial charge on any atom is 0.0221 e. The Hall–Kier alpha value is -0.0800. The Bertz CT molecular complexity index is 152. The molecule has 0 radical (unpaired) electrons. The molecule has 0 amide bonds. The highest BCUT2D eigenvalue weighted by Crippen LogP contribution is 2.20. The van der Waals surface area contributed by atoms with Crippen molar-refractivity contribution in [1.29, 1.82) is 0 Å². The van der Waals surface area contributed by atoms with Crippen molar-refractivity contribution in [1.82, 2.24) is 10.6 Å². The van der Waals surface area contributed by atoms with Crippen molar-refractivity contribution in [3.05, 3.63) is 0 Å². The summed E-state index contributed by atoms with van der Waals surface area (Å²) in [5.41, 5.74) is 0. The minimum absolute atomic E-state index is 0.733. The Morgan fingerprint density at radius 2 is 1.92 bits per heavy atom. The van der Waals surface area contributed by atoms with E-state index in [4.69, 9.17) is 0 Å². The van der Waals surface area contributed by atoms with E-state index in [1.54, 1.807) is 0 Å². The van der Waals surface area contributed by atoms with Gasteiger partial charge in [-0.15, -0.1) is 0 Å². The highest BCUT2D eigenvalue weighted by molar-refractivity contribution is 4.85. The van der Waals surface area contributed by atoms with Crippen LogP contribution in [-0.2, 0) is 0 Å². The lowest BCUT2D eigenvalue weighted by Gasteiger charge is -2.32. The molecule has 2 fully saturated rings. The SMILES string of the molecule is CC1CCNCC1NC1CCCC1. The largest absolute Gasteiger partial charge is 0.315 e. The van der Waals surface area contributed by atoms with Crippen molar-refractivity contribution in [2.45, 2.75) is 51.1 Å². The van der Waals surface area contributed by atoms with Gasteiger partial charge in [0.05, 0.1) is 0 Å². The first-order valence-electron chi connectivity index (χ1n) is 5.83. The average Bonchev–Trinajstić information content (AvgIpc) is 2.61. The van der Waals surface area contributed by atoms with Crippen LogP contribution in [0, 0.1) is 5.92 Å². The molecule has 76 valence electrons. The summed E-state index contributed by atoms with van der Waals surface area (Å²) in [7, 11) is 0. The first-order chi connectivity index (χ1) is 6.36. The molecule has 0 spiro atoms. The second kappa shape index (κ2) is 4.43. The van der Waals surface area contributed by atoms with Crippen LogP contribution in [0.2, 0.25) is 0 Å². The lowest BCUT2D eigenvalue weighted by molar-refractivity contribution is 0.273. The van der Waals surface area contributed by atoms with E-state index in [2.05, 4.69) is 17.6 Å². The normalized spacial score (nSPS) is 36.7. The molecule has 0 aromatic carbocycles. The quantitative estimate of drug-likeness (QED) is 0.676. The zero-order valence-electron chi connectivity index (χ0n) is 8.68. The number of nitrogens with one attached hydrogen (secondary N) is 2. The third kappa shape index (κ3) is 2.44. The lowest BCUT2D eigenvalue weighted by atomic mass is 9.94. The van der Waals surface area contributed by atoms with Crippen LogP contribution in [0.25, 0.3) is 0 Å². The molecule has 0 aromatic rings. The van der Waals surface area contributed by atoms with Crippen LogP contribution >= 0.6 is 0 Å². The van der Waals surface area contributed by atoms with Gasteiger partial charge in [-0.05, 0) is 31.7 Å². The van der Waals surface area contributed by atoms with E-state index >= 15 is 0 Å². The maximum atomic E-state index is 3.81. The van der Waals surface area contributed by atoms with Crippen LogP contribution in [0.3, 0.4) is 0 Å². The molecule has 2 N–H and O–H groups in total. The summed E-state index contributed by atoms with van der Waals surface area (Å²) >= 11 is 0. The van der Waals surface area contributed by atoms with E-state index in [0.717, 1.165) is 18.0 Å². The number of hydrogen-bond donors (Lipinski definition) is 2. The summed E-state index contributed by atoms with van der Waals surface area (Å²) in [6, 6.07) is 1.56.